The van der Waals surface area contributed by atoms with E-state index in [0.717, 1.165) is 18.7 Å². The second kappa shape index (κ2) is 6.66. The van der Waals surface area contributed by atoms with E-state index in [1.807, 2.05) is 6.26 Å². The Balaban J connectivity index is 2.71. The smallest absolute Gasteiger partial charge is 0.339 e. The molecule has 0 aliphatic carbocycles. The van der Waals surface area contributed by atoms with Crippen LogP contribution < -0.4 is 5.32 Å². The maximum absolute atomic E-state index is 11.0. The highest BCUT2D eigenvalue weighted by molar-refractivity contribution is 7.98. The van der Waals surface area contributed by atoms with Gasteiger partial charge in [-0.05, 0) is 30.6 Å². The first-order valence-electron chi connectivity index (χ1n) is 4.91. The quantitative estimate of drug-likeness (QED) is 0.771. The van der Waals surface area contributed by atoms with Crippen molar-refractivity contribution >= 4 is 35.0 Å². The molecule has 0 aromatic heterocycles. The van der Waals surface area contributed by atoms with E-state index in [-0.39, 0.29) is 10.6 Å². The van der Waals surface area contributed by atoms with Crippen molar-refractivity contribution in [3.8, 4) is 0 Å². The average Bonchev–Trinajstić information content (AvgIpc) is 2.24. The summed E-state index contributed by atoms with van der Waals surface area (Å²) in [6.07, 6.45) is 3.04. The lowest BCUT2D eigenvalue weighted by Crippen LogP contribution is -2.08. The minimum Gasteiger partial charge on any atom is -0.478 e. The Morgan fingerprint density at radius 1 is 1.56 bits per heavy atom. The molecule has 0 heterocycles. The lowest BCUT2D eigenvalue weighted by molar-refractivity contribution is 0.0698. The summed E-state index contributed by atoms with van der Waals surface area (Å²) in [5.41, 5.74) is 0.731. The molecule has 0 unspecified atom stereocenters. The van der Waals surface area contributed by atoms with Crippen LogP contribution in [0.4, 0.5) is 5.69 Å². The summed E-state index contributed by atoms with van der Waals surface area (Å²) < 4.78 is 0. The van der Waals surface area contributed by atoms with Crippen LogP contribution in [-0.4, -0.2) is 29.6 Å². The van der Waals surface area contributed by atoms with Crippen molar-refractivity contribution in [3.05, 3.63) is 28.8 Å². The fraction of sp³-hybridized carbons (Fsp3) is 0.364. The van der Waals surface area contributed by atoms with Gasteiger partial charge in [0, 0.05) is 6.54 Å². The molecular formula is C11H14ClNO2S. The molecule has 5 heteroatoms. The highest BCUT2D eigenvalue weighted by Gasteiger charge is 2.13. The molecule has 0 atom stereocenters. The molecule has 0 saturated heterocycles. The Hall–Kier alpha value is -0.870. The summed E-state index contributed by atoms with van der Waals surface area (Å²) in [5, 5.41) is 12.4. The fourth-order valence-corrected chi connectivity index (χ4v) is 2.02. The van der Waals surface area contributed by atoms with E-state index in [2.05, 4.69) is 5.32 Å². The molecule has 2 N–H and O–H groups in total. The van der Waals surface area contributed by atoms with E-state index < -0.39 is 5.97 Å². The van der Waals surface area contributed by atoms with Crippen LogP contribution in [0.25, 0.3) is 0 Å². The normalized spacial score (nSPS) is 10.1. The largest absolute Gasteiger partial charge is 0.478 e. The maximum atomic E-state index is 11.0. The van der Waals surface area contributed by atoms with Gasteiger partial charge in [0.25, 0.3) is 0 Å². The summed E-state index contributed by atoms with van der Waals surface area (Å²) in [6.45, 7) is 0.751. The topological polar surface area (TPSA) is 49.3 Å². The van der Waals surface area contributed by atoms with Gasteiger partial charge in [-0.3, -0.25) is 0 Å². The summed E-state index contributed by atoms with van der Waals surface area (Å²) >= 11 is 7.61. The van der Waals surface area contributed by atoms with Crippen LogP contribution >= 0.6 is 23.4 Å². The molecule has 0 radical (unpaired) electrons. The first kappa shape index (κ1) is 13.2. The standard InChI is InChI=1S/C11H14ClNO2S/c1-16-7-3-6-13-9-5-2-4-8(12)10(9)11(14)15/h2,4-5,13H,3,6-7H2,1H3,(H,14,15). The van der Waals surface area contributed by atoms with Crippen LogP contribution in [0.2, 0.25) is 5.02 Å². The van der Waals surface area contributed by atoms with Crippen LogP contribution in [-0.2, 0) is 0 Å². The Morgan fingerprint density at radius 3 is 2.94 bits per heavy atom. The van der Waals surface area contributed by atoms with Gasteiger partial charge in [-0.15, -0.1) is 0 Å². The van der Waals surface area contributed by atoms with E-state index in [1.165, 1.54) is 0 Å². The van der Waals surface area contributed by atoms with Crippen molar-refractivity contribution in [2.45, 2.75) is 6.42 Å². The van der Waals surface area contributed by atoms with Crippen LogP contribution in [0.5, 0.6) is 0 Å². The van der Waals surface area contributed by atoms with Crippen molar-refractivity contribution < 1.29 is 9.90 Å². The zero-order valence-electron chi connectivity index (χ0n) is 9.00. The summed E-state index contributed by atoms with van der Waals surface area (Å²) in [5.74, 6) is 0.0497. The Labute approximate surface area is 104 Å². The third kappa shape index (κ3) is 3.61. The van der Waals surface area contributed by atoms with E-state index in [9.17, 15) is 4.79 Å². The SMILES string of the molecule is CSCCCNc1cccc(Cl)c1C(=O)O. The lowest BCUT2D eigenvalue weighted by atomic mass is 10.1. The molecule has 0 aliphatic rings. The Kier molecular flexibility index (Phi) is 5.49. The van der Waals surface area contributed by atoms with E-state index in [0.29, 0.717) is 5.69 Å². The van der Waals surface area contributed by atoms with E-state index in [4.69, 9.17) is 16.7 Å². The molecule has 0 amide bonds. The molecule has 0 fully saturated rings. The van der Waals surface area contributed by atoms with Crippen LogP contribution in [0.3, 0.4) is 0 Å². The second-order valence-corrected chi connectivity index (χ2v) is 4.63. The molecule has 0 saturated carbocycles. The molecular weight excluding hydrogens is 246 g/mol. The summed E-state index contributed by atoms with van der Waals surface area (Å²) in [6, 6.07) is 5.05. The summed E-state index contributed by atoms with van der Waals surface area (Å²) in [4.78, 5) is 11.0. The van der Waals surface area contributed by atoms with Crippen molar-refractivity contribution in [1.29, 1.82) is 0 Å². The molecule has 0 bridgehead atoms. The van der Waals surface area contributed by atoms with Gasteiger partial charge in [0.05, 0.1) is 10.7 Å². The van der Waals surface area contributed by atoms with Crippen molar-refractivity contribution in [1.82, 2.24) is 0 Å². The summed E-state index contributed by atoms with van der Waals surface area (Å²) in [7, 11) is 0. The number of aromatic carboxylic acids is 1. The molecule has 3 nitrogen and oxygen atoms in total. The number of rotatable bonds is 6. The predicted molar refractivity (Wildman–Crippen MR) is 69.9 cm³/mol. The van der Waals surface area contributed by atoms with E-state index in [1.54, 1.807) is 30.0 Å². The predicted octanol–water partition coefficient (Wildman–Crippen LogP) is 3.20. The zero-order valence-corrected chi connectivity index (χ0v) is 10.6. The first-order chi connectivity index (χ1) is 7.66. The van der Waals surface area contributed by atoms with Gasteiger partial charge in [0.2, 0.25) is 0 Å². The minimum absolute atomic E-state index is 0.147. The molecule has 0 aliphatic heterocycles. The molecule has 88 valence electrons. The van der Waals surface area contributed by atoms with Crippen molar-refractivity contribution in [2.75, 3.05) is 23.9 Å². The number of thioether (sulfide) groups is 1. The highest BCUT2D eigenvalue weighted by atomic mass is 35.5. The average molecular weight is 260 g/mol. The second-order valence-electron chi connectivity index (χ2n) is 3.24. The van der Waals surface area contributed by atoms with Crippen molar-refractivity contribution in [3.63, 3.8) is 0 Å². The van der Waals surface area contributed by atoms with Gasteiger partial charge in [-0.2, -0.15) is 11.8 Å². The molecule has 0 spiro atoms. The van der Waals surface area contributed by atoms with Gasteiger partial charge in [-0.1, -0.05) is 17.7 Å². The number of halogens is 1. The third-order valence-electron chi connectivity index (χ3n) is 2.07. The lowest BCUT2D eigenvalue weighted by Gasteiger charge is -2.10. The third-order valence-corrected chi connectivity index (χ3v) is 3.08. The fourth-order valence-electron chi connectivity index (χ4n) is 1.33. The molecule has 16 heavy (non-hydrogen) atoms. The number of carboxylic acid groups (broad SMARTS) is 1. The number of hydrogen-bond acceptors (Lipinski definition) is 3. The molecule has 1 aromatic rings. The minimum atomic E-state index is -1.00. The number of anilines is 1. The Bertz CT molecular complexity index is 371. The number of carbonyl (C=O) groups is 1. The number of benzene rings is 1. The first-order valence-corrected chi connectivity index (χ1v) is 6.68. The maximum Gasteiger partial charge on any atom is 0.339 e. The molecule has 1 aromatic carbocycles. The van der Waals surface area contributed by atoms with Gasteiger partial charge < -0.3 is 10.4 Å². The number of carboxylic acids is 1. The zero-order chi connectivity index (χ0) is 12.0. The monoisotopic (exact) mass is 259 g/mol. The number of nitrogens with one attached hydrogen (secondary N) is 1. The highest BCUT2D eigenvalue weighted by Crippen LogP contribution is 2.24. The van der Waals surface area contributed by atoms with Gasteiger partial charge in [0.15, 0.2) is 0 Å². The van der Waals surface area contributed by atoms with E-state index >= 15 is 0 Å². The van der Waals surface area contributed by atoms with Gasteiger partial charge in [0.1, 0.15) is 5.56 Å². The van der Waals surface area contributed by atoms with Crippen LogP contribution in [0.1, 0.15) is 16.8 Å². The number of hydrogen-bond donors (Lipinski definition) is 2. The van der Waals surface area contributed by atoms with Crippen LogP contribution in [0.15, 0.2) is 18.2 Å². The molecule has 1 rings (SSSR count). The van der Waals surface area contributed by atoms with Gasteiger partial charge in [-0.25, -0.2) is 4.79 Å². The van der Waals surface area contributed by atoms with Crippen molar-refractivity contribution in [2.24, 2.45) is 0 Å². The van der Waals surface area contributed by atoms with Gasteiger partial charge >= 0.3 is 5.97 Å². The Morgan fingerprint density at radius 2 is 2.31 bits per heavy atom. The van der Waals surface area contributed by atoms with Crippen LogP contribution in [0, 0.1) is 0 Å².